The molecule has 2 fully saturated rings. The Morgan fingerprint density at radius 3 is 2.44 bits per heavy atom. The molecule has 0 spiro atoms. The van der Waals surface area contributed by atoms with Crippen LogP contribution in [0.4, 0.5) is 41.3 Å². The Kier molecular flexibility index (Phi) is 12.6. The Morgan fingerprint density at radius 2 is 1.80 bits per heavy atom. The van der Waals surface area contributed by atoms with Crippen molar-refractivity contribution in [1.82, 2.24) is 25.0 Å². The third kappa shape index (κ3) is 10.0. The summed E-state index contributed by atoms with van der Waals surface area (Å²) in [6, 6.07) is 9.14. The van der Waals surface area contributed by atoms with E-state index in [2.05, 4.69) is 39.1 Å². The van der Waals surface area contributed by atoms with E-state index in [9.17, 15) is 36.6 Å². The zero-order valence-corrected chi connectivity index (χ0v) is 33.1. The largest absolute Gasteiger partial charge is 0.431 e. The molecule has 5 N–H and O–H groups in total. The van der Waals surface area contributed by atoms with Gasteiger partial charge in [0.15, 0.2) is 5.82 Å². The standard InChI is InChI=1S/C42H41F7N8O4/c1-5-24-20-31(36(50)42(47,48)49)37(41(24,45)46)51-22-33(58)53-32(19-23-17-25(43)21-26(44)18-23)34-28(10-9-27(52-34)11-12-40(2,3)60)29-7-6-8-30-35(29)56(4)55-38(30)54-39(59)57-13-15-61-16-14-57/h5-10,17-18,21,24,32,60H,1,13-16,19-20,22,50H2,2-4H3,(H,53,58)(H,54,55,59)/t24-,32+/m1/s1. The van der Waals surface area contributed by atoms with Crippen LogP contribution < -0.4 is 16.4 Å². The van der Waals surface area contributed by atoms with E-state index in [1.807, 2.05) is 0 Å². The molecular formula is C42H41F7N8O4. The topological polar surface area (TPSA) is 160 Å². The number of allylic oxidation sites excluding steroid dienone is 3. The zero-order chi connectivity index (χ0) is 44.4. The molecule has 1 saturated heterocycles. The Balaban J connectivity index is 1.47. The van der Waals surface area contributed by atoms with E-state index in [0.717, 1.165) is 18.2 Å². The number of amides is 3. The molecule has 3 heterocycles. The van der Waals surface area contributed by atoms with Gasteiger partial charge in [0.2, 0.25) is 5.91 Å². The molecule has 0 bridgehead atoms. The van der Waals surface area contributed by atoms with Crippen LogP contribution in [0.3, 0.4) is 0 Å². The highest BCUT2D eigenvalue weighted by molar-refractivity contribution is 6.09. The fourth-order valence-corrected chi connectivity index (χ4v) is 7.08. The Hall–Kier alpha value is -6.26. The van der Waals surface area contributed by atoms with Gasteiger partial charge in [-0.1, -0.05) is 24.1 Å². The Bertz CT molecular complexity index is 2470. The van der Waals surface area contributed by atoms with Gasteiger partial charge in [0.25, 0.3) is 5.92 Å². The number of nitrogens with zero attached hydrogens (tertiary/aromatic N) is 5. The van der Waals surface area contributed by atoms with Crippen LogP contribution in [0.1, 0.15) is 43.3 Å². The molecule has 2 aromatic heterocycles. The van der Waals surface area contributed by atoms with Crippen LogP contribution in [0, 0.1) is 29.4 Å². The SMILES string of the molecule is C=C[C@@H]1CC(=C(N)C(F)(F)F)C(=NCC(=O)N[C@@H](Cc2cc(F)cc(F)c2)c2nc(C#CC(C)(C)O)ccc2-c2cccc3c(NC(=O)N4CCOCC4)nn(C)c23)C1(F)F. The van der Waals surface area contributed by atoms with Crippen molar-refractivity contribution in [3.05, 3.63) is 101 Å². The van der Waals surface area contributed by atoms with Gasteiger partial charge in [0, 0.05) is 48.3 Å². The number of hydrogen-bond donors (Lipinski definition) is 4. The van der Waals surface area contributed by atoms with Crippen LogP contribution >= 0.6 is 0 Å². The number of morpholine rings is 1. The van der Waals surface area contributed by atoms with Crippen LogP contribution in [-0.4, -0.2) is 93.0 Å². The highest BCUT2D eigenvalue weighted by Gasteiger charge is 2.54. The third-order valence-electron chi connectivity index (χ3n) is 9.91. The summed E-state index contributed by atoms with van der Waals surface area (Å²) in [5.41, 5.74) is 1.13. The Morgan fingerprint density at radius 1 is 1.11 bits per heavy atom. The van der Waals surface area contributed by atoms with Crippen molar-refractivity contribution in [1.29, 1.82) is 0 Å². The summed E-state index contributed by atoms with van der Waals surface area (Å²) in [6.45, 7) is 6.52. The maximum atomic E-state index is 15.4. The molecule has 3 amide bonds. The van der Waals surface area contributed by atoms with E-state index in [1.54, 1.807) is 36.2 Å². The van der Waals surface area contributed by atoms with Gasteiger partial charge in [-0.05, 0) is 68.5 Å². The number of benzene rings is 2. The van der Waals surface area contributed by atoms with Crippen molar-refractivity contribution >= 4 is 34.4 Å². The number of aliphatic hydroxyl groups is 1. The molecule has 2 aromatic carbocycles. The number of alkyl halides is 5. The first-order chi connectivity index (χ1) is 28.7. The second-order valence-electron chi connectivity index (χ2n) is 15.0. The van der Waals surface area contributed by atoms with Crippen molar-refractivity contribution in [3.63, 3.8) is 0 Å². The molecule has 1 aliphatic carbocycles. The van der Waals surface area contributed by atoms with Gasteiger partial charge >= 0.3 is 12.2 Å². The first kappa shape index (κ1) is 44.3. The molecular weight excluding hydrogens is 813 g/mol. The van der Waals surface area contributed by atoms with Crippen LogP contribution in [0.15, 0.2) is 77.4 Å². The molecule has 1 saturated carbocycles. The number of urea groups is 1. The average Bonchev–Trinajstić information content (AvgIpc) is 3.65. The number of nitrogens with one attached hydrogen (secondary N) is 2. The van der Waals surface area contributed by atoms with Crippen molar-refractivity contribution in [2.75, 3.05) is 38.2 Å². The summed E-state index contributed by atoms with van der Waals surface area (Å²) < 4.78 is 108. The van der Waals surface area contributed by atoms with E-state index in [1.165, 1.54) is 24.6 Å². The number of anilines is 1. The van der Waals surface area contributed by atoms with Gasteiger partial charge in [0.1, 0.15) is 40.9 Å². The first-order valence-electron chi connectivity index (χ1n) is 18.9. The number of nitrogens with two attached hydrogens (primary N) is 1. The Labute approximate surface area is 345 Å². The predicted molar refractivity (Wildman–Crippen MR) is 212 cm³/mol. The highest BCUT2D eigenvalue weighted by Crippen LogP contribution is 2.45. The summed E-state index contributed by atoms with van der Waals surface area (Å²) >= 11 is 0. The zero-order valence-electron chi connectivity index (χ0n) is 33.1. The minimum atomic E-state index is -5.18. The molecule has 0 unspecified atom stereocenters. The molecule has 0 radical (unpaired) electrons. The van der Waals surface area contributed by atoms with Gasteiger partial charge in [-0.25, -0.2) is 18.6 Å². The van der Waals surface area contributed by atoms with Gasteiger partial charge in [-0.3, -0.25) is 19.8 Å². The lowest BCUT2D eigenvalue weighted by Gasteiger charge is -2.26. The second kappa shape index (κ2) is 17.4. The van der Waals surface area contributed by atoms with E-state index < -0.39 is 83.2 Å². The number of para-hydroxylation sites is 1. The smallest absolute Gasteiger partial charge is 0.394 e. The molecule has 12 nitrogen and oxygen atoms in total. The number of fused-ring (bicyclic) bond motifs is 1. The van der Waals surface area contributed by atoms with Crippen LogP contribution in [0.5, 0.6) is 0 Å². The number of carbonyl (C=O) groups is 2. The molecule has 322 valence electrons. The van der Waals surface area contributed by atoms with Crippen molar-refractivity contribution in [3.8, 4) is 23.0 Å². The van der Waals surface area contributed by atoms with E-state index in [-0.39, 0.29) is 29.2 Å². The molecule has 2 atom stereocenters. The molecule has 4 aromatic rings. The number of ether oxygens (including phenoxy) is 1. The molecule has 1 aliphatic heterocycles. The minimum Gasteiger partial charge on any atom is -0.394 e. The number of pyridine rings is 1. The van der Waals surface area contributed by atoms with Crippen LogP contribution in [0.2, 0.25) is 0 Å². The number of aliphatic imine (C=N–C) groups is 1. The molecule has 6 rings (SSSR count). The minimum absolute atomic E-state index is 0.0287. The summed E-state index contributed by atoms with van der Waals surface area (Å²) in [7, 11) is 1.63. The van der Waals surface area contributed by atoms with E-state index in [4.69, 9.17) is 15.5 Å². The number of rotatable bonds is 9. The average molecular weight is 855 g/mol. The highest BCUT2D eigenvalue weighted by atomic mass is 19.4. The van der Waals surface area contributed by atoms with Gasteiger partial charge < -0.3 is 25.8 Å². The summed E-state index contributed by atoms with van der Waals surface area (Å²) in [5.74, 6) is -3.09. The van der Waals surface area contributed by atoms with E-state index in [0.29, 0.717) is 54.4 Å². The lowest BCUT2D eigenvalue weighted by molar-refractivity contribution is -0.120. The van der Waals surface area contributed by atoms with Crippen molar-refractivity contribution in [2.45, 2.75) is 50.4 Å². The number of halogens is 7. The summed E-state index contributed by atoms with van der Waals surface area (Å²) in [5, 5.41) is 20.9. The van der Waals surface area contributed by atoms with Crippen molar-refractivity contribution < 1.29 is 50.2 Å². The maximum Gasteiger partial charge on any atom is 0.431 e. The third-order valence-corrected chi connectivity index (χ3v) is 9.91. The fraction of sp³-hybridized carbons (Fsp3) is 0.357. The predicted octanol–water partition coefficient (Wildman–Crippen LogP) is 6.36. The number of hydrogen-bond acceptors (Lipinski definition) is 8. The monoisotopic (exact) mass is 854 g/mol. The quantitative estimate of drug-likeness (QED) is 0.0867. The second-order valence-corrected chi connectivity index (χ2v) is 15.0. The van der Waals surface area contributed by atoms with Crippen LogP contribution in [0.25, 0.3) is 22.0 Å². The molecule has 19 heteroatoms. The summed E-state index contributed by atoms with van der Waals surface area (Å²) in [4.78, 5) is 36.9. The fourth-order valence-electron chi connectivity index (χ4n) is 7.08. The summed E-state index contributed by atoms with van der Waals surface area (Å²) in [6.07, 6.45) is -5.59. The van der Waals surface area contributed by atoms with Crippen LogP contribution in [-0.2, 0) is 23.0 Å². The van der Waals surface area contributed by atoms with E-state index >= 15 is 8.78 Å². The van der Waals surface area contributed by atoms with Gasteiger partial charge in [-0.15, -0.1) is 6.58 Å². The van der Waals surface area contributed by atoms with Gasteiger partial charge in [0.05, 0.1) is 36.4 Å². The lowest BCUT2D eigenvalue weighted by atomic mass is 9.93. The number of carbonyl (C=O) groups excluding carboxylic acids is 2. The molecule has 61 heavy (non-hydrogen) atoms. The molecule has 2 aliphatic rings. The van der Waals surface area contributed by atoms with Gasteiger partial charge in [-0.2, -0.15) is 27.1 Å². The maximum absolute atomic E-state index is 15.4. The first-order valence-corrected chi connectivity index (χ1v) is 18.9. The number of aryl methyl sites for hydroxylation is 1. The lowest BCUT2D eigenvalue weighted by Crippen LogP contribution is -2.43. The number of aromatic nitrogens is 3. The normalized spacial score (nSPS) is 18.7. The van der Waals surface area contributed by atoms with Crippen molar-refractivity contribution in [2.24, 2.45) is 23.7 Å².